The maximum atomic E-state index is 5.68. The Balaban J connectivity index is 2.00. The maximum absolute atomic E-state index is 5.68. The van der Waals surface area contributed by atoms with Crippen LogP contribution in [0.5, 0.6) is 11.5 Å². The molecule has 1 saturated heterocycles. The molecule has 0 spiro atoms. The van der Waals surface area contributed by atoms with E-state index in [4.69, 9.17) is 9.47 Å². The van der Waals surface area contributed by atoms with Gasteiger partial charge in [0.25, 0.3) is 0 Å². The third kappa shape index (κ3) is 1.95. The summed E-state index contributed by atoms with van der Waals surface area (Å²) in [6, 6.07) is 4.22. The Bertz CT molecular complexity index is 453. The minimum atomic E-state index is -0.0296. The maximum Gasteiger partial charge on any atom is 0.161 e. The van der Waals surface area contributed by atoms with Crippen LogP contribution >= 0.6 is 0 Å². The predicted octanol–water partition coefficient (Wildman–Crippen LogP) is 1.17. The second-order valence-corrected chi connectivity index (χ2v) is 5.25. The van der Waals surface area contributed by atoms with E-state index in [1.165, 1.54) is 11.1 Å². The highest BCUT2D eigenvalue weighted by molar-refractivity contribution is 5.50. The monoisotopic (exact) mass is 248 g/mol. The van der Waals surface area contributed by atoms with Crippen molar-refractivity contribution in [3.05, 3.63) is 23.3 Å². The van der Waals surface area contributed by atoms with Crippen LogP contribution in [-0.2, 0) is 5.54 Å². The fourth-order valence-corrected chi connectivity index (χ4v) is 2.80. The van der Waals surface area contributed by atoms with Crippen LogP contribution in [0.2, 0.25) is 0 Å². The molecule has 1 aromatic rings. The van der Waals surface area contributed by atoms with E-state index in [2.05, 4.69) is 36.6 Å². The Labute approximate surface area is 108 Å². The predicted molar refractivity (Wildman–Crippen MR) is 70.4 cm³/mol. The molecule has 0 bridgehead atoms. The minimum Gasteiger partial charge on any atom is -0.486 e. The number of hydrogen-bond donors (Lipinski definition) is 2. The van der Waals surface area contributed by atoms with Crippen LogP contribution in [0, 0.1) is 6.92 Å². The molecule has 0 aliphatic carbocycles. The molecule has 0 aromatic heterocycles. The van der Waals surface area contributed by atoms with Crippen molar-refractivity contribution in [3.8, 4) is 11.5 Å². The van der Waals surface area contributed by atoms with Crippen molar-refractivity contribution in [2.45, 2.75) is 19.4 Å². The second kappa shape index (κ2) is 4.44. The summed E-state index contributed by atoms with van der Waals surface area (Å²) in [6.07, 6.45) is 0. The molecule has 0 amide bonds. The Hall–Kier alpha value is -1.26. The first-order valence-electron chi connectivity index (χ1n) is 6.55. The van der Waals surface area contributed by atoms with Crippen LogP contribution < -0.4 is 20.1 Å². The Morgan fingerprint density at radius 2 is 1.83 bits per heavy atom. The van der Waals surface area contributed by atoms with Gasteiger partial charge in [-0.3, -0.25) is 0 Å². The lowest BCUT2D eigenvalue weighted by molar-refractivity contribution is 0.170. The molecule has 4 heteroatoms. The Morgan fingerprint density at radius 3 is 2.50 bits per heavy atom. The molecule has 1 aromatic carbocycles. The quantitative estimate of drug-likeness (QED) is 0.783. The van der Waals surface area contributed by atoms with Gasteiger partial charge in [0, 0.05) is 19.6 Å². The third-order valence-corrected chi connectivity index (χ3v) is 3.78. The molecule has 2 aliphatic heterocycles. The molecule has 18 heavy (non-hydrogen) atoms. The van der Waals surface area contributed by atoms with Gasteiger partial charge in [0.2, 0.25) is 0 Å². The lowest BCUT2D eigenvalue weighted by atomic mass is 9.87. The number of fused-ring (bicyclic) bond motifs is 1. The SMILES string of the molecule is Cc1cc2c(cc1C1(C)CNCCN1)OCCO2. The molecule has 98 valence electrons. The molecule has 1 atom stereocenters. The van der Waals surface area contributed by atoms with Crippen LogP contribution in [-0.4, -0.2) is 32.8 Å². The van der Waals surface area contributed by atoms with E-state index < -0.39 is 0 Å². The first-order valence-corrected chi connectivity index (χ1v) is 6.55. The van der Waals surface area contributed by atoms with Crippen molar-refractivity contribution < 1.29 is 9.47 Å². The van der Waals surface area contributed by atoms with Gasteiger partial charge in [0.05, 0.1) is 5.54 Å². The van der Waals surface area contributed by atoms with Crippen molar-refractivity contribution in [2.75, 3.05) is 32.8 Å². The summed E-state index contributed by atoms with van der Waals surface area (Å²) in [5.74, 6) is 1.74. The standard InChI is InChI=1S/C14H20N2O2/c1-10-7-12-13(18-6-5-17-12)8-11(10)14(2)9-15-3-4-16-14/h7-8,15-16H,3-6,9H2,1-2H3. The van der Waals surface area contributed by atoms with Crippen molar-refractivity contribution >= 4 is 0 Å². The highest BCUT2D eigenvalue weighted by atomic mass is 16.6. The largest absolute Gasteiger partial charge is 0.486 e. The first-order chi connectivity index (χ1) is 8.69. The molecule has 2 N–H and O–H groups in total. The number of hydrogen-bond acceptors (Lipinski definition) is 4. The molecule has 1 unspecified atom stereocenters. The van der Waals surface area contributed by atoms with Crippen molar-refractivity contribution in [1.29, 1.82) is 0 Å². The van der Waals surface area contributed by atoms with Crippen LogP contribution in [0.4, 0.5) is 0 Å². The van der Waals surface area contributed by atoms with Crippen molar-refractivity contribution in [2.24, 2.45) is 0 Å². The van der Waals surface area contributed by atoms with Crippen molar-refractivity contribution in [3.63, 3.8) is 0 Å². The normalized spacial score (nSPS) is 27.0. The van der Waals surface area contributed by atoms with E-state index in [9.17, 15) is 0 Å². The van der Waals surface area contributed by atoms with Crippen molar-refractivity contribution in [1.82, 2.24) is 10.6 Å². The summed E-state index contributed by atoms with van der Waals surface area (Å²) in [6.45, 7) is 8.60. The third-order valence-electron chi connectivity index (χ3n) is 3.78. The second-order valence-electron chi connectivity index (χ2n) is 5.25. The van der Waals surface area contributed by atoms with E-state index in [-0.39, 0.29) is 5.54 Å². The van der Waals surface area contributed by atoms with Crippen LogP contribution in [0.25, 0.3) is 0 Å². The van der Waals surface area contributed by atoms with Gasteiger partial charge in [0.15, 0.2) is 11.5 Å². The zero-order valence-electron chi connectivity index (χ0n) is 11.0. The molecule has 3 rings (SSSR count). The highest BCUT2D eigenvalue weighted by Gasteiger charge is 2.31. The summed E-state index contributed by atoms with van der Waals surface area (Å²) in [7, 11) is 0. The van der Waals surface area contributed by atoms with Crippen LogP contribution in [0.1, 0.15) is 18.1 Å². The fourth-order valence-electron chi connectivity index (χ4n) is 2.80. The molecule has 2 heterocycles. The summed E-state index contributed by atoms with van der Waals surface area (Å²) >= 11 is 0. The summed E-state index contributed by atoms with van der Waals surface area (Å²) < 4.78 is 11.3. The van der Waals surface area contributed by atoms with Gasteiger partial charge in [-0.2, -0.15) is 0 Å². The van der Waals surface area contributed by atoms with E-state index >= 15 is 0 Å². The van der Waals surface area contributed by atoms with Crippen LogP contribution in [0.15, 0.2) is 12.1 Å². The smallest absolute Gasteiger partial charge is 0.161 e. The van der Waals surface area contributed by atoms with Gasteiger partial charge < -0.3 is 20.1 Å². The van der Waals surface area contributed by atoms with Gasteiger partial charge >= 0.3 is 0 Å². The van der Waals surface area contributed by atoms with E-state index in [1.54, 1.807) is 0 Å². The zero-order valence-corrected chi connectivity index (χ0v) is 11.0. The number of piperazine rings is 1. The van der Waals surface area contributed by atoms with Gasteiger partial charge in [-0.25, -0.2) is 0 Å². The molecular weight excluding hydrogens is 228 g/mol. The molecule has 2 aliphatic rings. The lowest BCUT2D eigenvalue weighted by Crippen LogP contribution is -2.55. The molecule has 0 saturated carbocycles. The van der Waals surface area contributed by atoms with E-state index in [0.717, 1.165) is 31.1 Å². The van der Waals surface area contributed by atoms with Gasteiger partial charge in [0.1, 0.15) is 13.2 Å². The van der Waals surface area contributed by atoms with Gasteiger partial charge in [-0.05, 0) is 37.1 Å². The van der Waals surface area contributed by atoms with Gasteiger partial charge in [-0.1, -0.05) is 0 Å². The average molecular weight is 248 g/mol. The topological polar surface area (TPSA) is 42.5 Å². The number of nitrogens with one attached hydrogen (secondary N) is 2. The average Bonchev–Trinajstić information content (AvgIpc) is 2.38. The van der Waals surface area contributed by atoms with E-state index in [1.807, 2.05) is 0 Å². The molecule has 0 radical (unpaired) electrons. The fraction of sp³-hybridized carbons (Fsp3) is 0.571. The number of benzene rings is 1. The Kier molecular flexibility index (Phi) is 2.92. The van der Waals surface area contributed by atoms with E-state index in [0.29, 0.717) is 13.2 Å². The van der Waals surface area contributed by atoms with Crippen LogP contribution in [0.3, 0.4) is 0 Å². The number of rotatable bonds is 1. The molecule has 1 fully saturated rings. The first kappa shape index (κ1) is 11.8. The van der Waals surface area contributed by atoms with Gasteiger partial charge in [-0.15, -0.1) is 0 Å². The number of aryl methyl sites for hydroxylation is 1. The minimum absolute atomic E-state index is 0.0296. The summed E-state index contributed by atoms with van der Waals surface area (Å²) in [5.41, 5.74) is 2.51. The molecule has 4 nitrogen and oxygen atoms in total. The zero-order chi connectivity index (χ0) is 12.6. The Morgan fingerprint density at radius 1 is 1.11 bits per heavy atom. The number of ether oxygens (including phenoxy) is 2. The molecular formula is C14H20N2O2. The lowest BCUT2D eigenvalue weighted by Gasteiger charge is -2.37. The highest BCUT2D eigenvalue weighted by Crippen LogP contribution is 2.37. The summed E-state index contributed by atoms with van der Waals surface area (Å²) in [4.78, 5) is 0. The summed E-state index contributed by atoms with van der Waals surface area (Å²) in [5, 5.41) is 7.05.